The van der Waals surface area contributed by atoms with Gasteiger partial charge in [-0.2, -0.15) is 127 Å². The summed E-state index contributed by atoms with van der Waals surface area (Å²) >= 11 is 0. The van der Waals surface area contributed by atoms with Gasteiger partial charge in [-0.25, -0.2) is 0 Å². The summed E-state index contributed by atoms with van der Waals surface area (Å²) in [7, 11) is -2.43. The van der Waals surface area contributed by atoms with E-state index in [1.165, 1.54) is 0 Å². The lowest BCUT2D eigenvalue weighted by molar-refractivity contribution is -0.144. The molecule has 77 heavy (non-hydrogen) atoms. The monoisotopic (exact) mass is 1140 g/mol. The molecular formula is C50H27BF24OS. The second kappa shape index (κ2) is 20.5. The number of alkyl halides is 24. The summed E-state index contributed by atoms with van der Waals surface area (Å²) in [5, 5.41) is 0. The molecule has 0 fully saturated rings. The van der Waals surface area contributed by atoms with Crippen molar-refractivity contribution in [2.45, 2.75) is 64.1 Å². The average molecular weight is 1140 g/mol. The second-order valence-electron chi connectivity index (χ2n) is 16.7. The fourth-order valence-corrected chi connectivity index (χ4v) is 10.8. The van der Waals surface area contributed by atoms with Crippen molar-refractivity contribution in [3.8, 4) is 0 Å². The van der Waals surface area contributed by atoms with E-state index in [4.69, 9.17) is 0 Å². The van der Waals surface area contributed by atoms with Gasteiger partial charge in [0.2, 0.25) is 0 Å². The Balaban J connectivity index is 0.000000397. The van der Waals surface area contributed by atoms with Gasteiger partial charge in [-0.05, 0) is 60.7 Å². The van der Waals surface area contributed by atoms with Crippen molar-refractivity contribution in [2.75, 3.05) is 0 Å². The highest BCUT2D eigenvalue weighted by Crippen LogP contribution is 2.42. The third-order valence-electron chi connectivity index (χ3n) is 11.7. The minimum atomic E-state index is -6.13. The van der Waals surface area contributed by atoms with E-state index < -0.39 is 205 Å². The molecule has 0 N–H and O–H groups in total. The number of halogens is 24. The molecular weight excluding hydrogens is 1120 g/mol. The van der Waals surface area contributed by atoms with Gasteiger partial charge in [0.25, 0.3) is 0 Å². The normalized spacial score (nSPS) is 13.5. The van der Waals surface area contributed by atoms with E-state index in [2.05, 4.69) is 0 Å². The van der Waals surface area contributed by atoms with E-state index in [0.717, 1.165) is 14.7 Å². The number of hydrogen-bond acceptors (Lipinski definition) is 1. The third kappa shape index (κ3) is 12.9. The predicted molar refractivity (Wildman–Crippen MR) is 232 cm³/mol. The van der Waals surface area contributed by atoms with Gasteiger partial charge < -0.3 is 0 Å². The fourth-order valence-electron chi connectivity index (χ4n) is 8.32. The Bertz CT molecular complexity index is 2720. The summed E-state index contributed by atoms with van der Waals surface area (Å²) in [6.45, 7) is 0. The number of hydrogen-bond donors (Lipinski definition) is 0. The molecule has 0 spiro atoms. The molecule has 7 aromatic carbocycles. The maximum absolute atomic E-state index is 14.2. The lowest BCUT2D eigenvalue weighted by atomic mass is 9.12. The minimum Gasteiger partial charge on any atom is -0.194 e. The Kier molecular flexibility index (Phi) is 15.8. The molecule has 0 saturated heterocycles. The van der Waals surface area contributed by atoms with E-state index in [-0.39, 0.29) is 0 Å². The predicted octanol–water partition coefficient (Wildman–Crippen LogP) is 15.9. The minimum absolute atomic E-state index is 0.691. The summed E-state index contributed by atoms with van der Waals surface area (Å²) in [6, 6.07) is 20.2. The van der Waals surface area contributed by atoms with Crippen molar-refractivity contribution in [1.82, 2.24) is 0 Å². The van der Waals surface area contributed by atoms with Crippen LogP contribution in [0.2, 0.25) is 0 Å². The van der Waals surface area contributed by atoms with Gasteiger partial charge >= 0.3 is 49.4 Å². The summed E-state index contributed by atoms with van der Waals surface area (Å²) in [4.78, 5) is 2.53. The molecule has 0 saturated carbocycles. The molecule has 0 heterocycles. The molecule has 0 aliphatic carbocycles. The lowest BCUT2D eigenvalue weighted by Crippen LogP contribution is -2.75. The zero-order valence-corrected chi connectivity index (χ0v) is 38.4. The first-order chi connectivity index (χ1) is 35.1. The van der Waals surface area contributed by atoms with Crippen LogP contribution in [-0.4, -0.2) is 6.15 Å². The van der Waals surface area contributed by atoms with Gasteiger partial charge in [-0.15, -0.1) is 0 Å². The van der Waals surface area contributed by atoms with Gasteiger partial charge in [0.05, 0.1) is 44.5 Å². The highest BCUT2D eigenvalue weighted by molar-refractivity contribution is 8.03. The average Bonchev–Trinajstić information content (AvgIpc) is 3.32. The van der Waals surface area contributed by atoms with E-state index in [0.29, 0.717) is 0 Å². The summed E-state index contributed by atoms with van der Waals surface area (Å²) < 4.78 is 355. The molecule has 7 aromatic rings. The SMILES string of the molecule is FC(F)(F)c1cc([B-](c2cc(C(F)(F)F)cc(C(F)(F)F)c2)(c2cc(C(F)(F)F)cc(C(F)(F)F)c2)c2cc(C(F)(F)F)cc(C(F)(F)F)c2)cc(C(F)(F)F)c1.O=[S+](c1ccccc1)(c1ccccc1)c1ccccc1. The first-order valence-electron chi connectivity index (χ1n) is 21.1. The Morgan fingerprint density at radius 1 is 0.234 bits per heavy atom. The summed E-state index contributed by atoms with van der Waals surface area (Å²) in [5.41, 5.74) is -30.2. The van der Waals surface area contributed by atoms with Crippen LogP contribution in [0, 0.1) is 0 Å². The van der Waals surface area contributed by atoms with Crippen molar-refractivity contribution in [1.29, 1.82) is 0 Å². The molecule has 0 radical (unpaired) electrons. The molecule has 0 aliphatic rings. The highest BCUT2D eigenvalue weighted by atomic mass is 32.2. The van der Waals surface area contributed by atoms with Crippen LogP contribution in [-0.2, 0) is 63.6 Å². The molecule has 0 amide bonds. The first kappa shape index (κ1) is 59.3. The smallest absolute Gasteiger partial charge is 0.194 e. The zero-order chi connectivity index (χ0) is 57.8. The van der Waals surface area contributed by atoms with Crippen LogP contribution in [0.5, 0.6) is 0 Å². The van der Waals surface area contributed by atoms with Crippen molar-refractivity contribution in [3.05, 3.63) is 208 Å². The van der Waals surface area contributed by atoms with Gasteiger partial charge in [0, 0.05) is 0 Å². The summed E-state index contributed by atoms with van der Waals surface area (Å²) in [5.74, 6) is 0. The van der Waals surface area contributed by atoms with Crippen LogP contribution in [0.15, 0.2) is 178 Å². The molecule has 0 aliphatic heterocycles. The van der Waals surface area contributed by atoms with Crippen LogP contribution in [0.1, 0.15) is 44.5 Å². The van der Waals surface area contributed by atoms with Gasteiger partial charge in [0.15, 0.2) is 24.6 Å². The standard InChI is InChI=1S/C32H12BF24.C18H15OS/c34-25(35,36)13-1-14(26(37,38)39)6-21(5-13)33(22-7-15(27(40,41)42)2-16(8-22)28(43,44)45,23-9-17(29(46,47)48)3-18(10-23)30(49,50)51)24-11-19(31(52,53)54)4-20(12-24)32(55,56)57;19-20(16-10-4-1-5-11-16,17-12-6-2-7-13-17)18-14-8-3-9-15-18/h1-12H;1-15H/q-1;+1. The van der Waals surface area contributed by atoms with Crippen molar-refractivity contribution < 1.29 is 110 Å². The largest absolute Gasteiger partial charge is 0.416 e. The van der Waals surface area contributed by atoms with Gasteiger partial charge in [0.1, 0.15) is 6.15 Å². The highest BCUT2D eigenvalue weighted by Gasteiger charge is 2.47. The molecule has 7 rings (SSSR count). The fraction of sp³-hybridized carbons (Fsp3) is 0.160. The van der Waals surface area contributed by atoms with Crippen LogP contribution < -0.4 is 21.9 Å². The van der Waals surface area contributed by atoms with Crippen molar-refractivity contribution >= 4 is 37.9 Å². The van der Waals surface area contributed by atoms with Crippen molar-refractivity contribution in [3.63, 3.8) is 0 Å². The van der Waals surface area contributed by atoms with Gasteiger partial charge in [-0.1, -0.05) is 107 Å². The Morgan fingerprint density at radius 3 is 0.506 bits per heavy atom. The zero-order valence-electron chi connectivity index (χ0n) is 37.6. The molecule has 0 atom stereocenters. The molecule has 27 heteroatoms. The van der Waals surface area contributed by atoms with Gasteiger partial charge in [-0.3, -0.25) is 0 Å². The lowest BCUT2D eigenvalue weighted by Gasteiger charge is -2.46. The Morgan fingerprint density at radius 2 is 0.377 bits per heavy atom. The van der Waals surface area contributed by atoms with E-state index in [1.807, 2.05) is 91.0 Å². The van der Waals surface area contributed by atoms with Crippen molar-refractivity contribution in [2.24, 2.45) is 0 Å². The summed E-state index contributed by atoms with van der Waals surface area (Å²) in [6.07, 6.45) is -54.8. The number of rotatable bonds is 7. The van der Waals surface area contributed by atoms with Crippen LogP contribution in [0.25, 0.3) is 0 Å². The molecule has 0 bridgehead atoms. The first-order valence-corrected chi connectivity index (χ1v) is 22.7. The Hall–Kier alpha value is -6.93. The molecule has 1 nitrogen and oxygen atoms in total. The van der Waals surface area contributed by atoms with Crippen LogP contribution >= 0.6 is 0 Å². The molecule has 0 unspecified atom stereocenters. The second-order valence-corrected chi connectivity index (χ2v) is 19.2. The third-order valence-corrected chi connectivity index (χ3v) is 14.5. The van der Waals surface area contributed by atoms with Crippen LogP contribution in [0.4, 0.5) is 105 Å². The van der Waals surface area contributed by atoms with E-state index >= 15 is 0 Å². The van der Waals surface area contributed by atoms with Crippen LogP contribution in [0.3, 0.4) is 0 Å². The van der Waals surface area contributed by atoms with E-state index in [1.54, 1.807) is 0 Å². The molecule has 410 valence electrons. The van der Waals surface area contributed by atoms with E-state index in [9.17, 15) is 110 Å². The maximum atomic E-state index is 14.2. The molecule has 0 aromatic heterocycles. The Labute approximate surface area is 419 Å². The maximum Gasteiger partial charge on any atom is 0.416 e. The topological polar surface area (TPSA) is 17.1 Å². The number of benzene rings is 7. The quantitative estimate of drug-likeness (QED) is 0.0883.